The van der Waals surface area contributed by atoms with Crippen molar-refractivity contribution in [2.45, 2.75) is 26.2 Å². The molecule has 0 unspecified atom stereocenters. The highest BCUT2D eigenvalue weighted by Crippen LogP contribution is 2.24. The number of para-hydroxylation sites is 1. The summed E-state index contributed by atoms with van der Waals surface area (Å²) < 4.78 is 1.72. The van der Waals surface area contributed by atoms with Gasteiger partial charge in [0, 0.05) is 23.7 Å². The monoisotopic (exact) mass is 360 g/mol. The minimum Gasteiger partial charge on any atom is -0.326 e. The second kappa shape index (κ2) is 7.07. The van der Waals surface area contributed by atoms with E-state index in [1.54, 1.807) is 16.8 Å². The van der Waals surface area contributed by atoms with Gasteiger partial charge >= 0.3 is 0 Å². The van der Waals surface area contributed by atoms with Gasteiger partial charge in [-0.3, -0.25) is 9.59 Å². The molecule has 0 bridgehead atoms. The lowest BCUT2D eigenvalue weighted by molar-refractivity contribution is -0.116. The highest BCUT2D eigenvalue weighted by atomic mass is 16.2. The Labute approximate surface area is 157 Å². The molecule has 6 nitrogen and oxygen atoms in total. The summed E-state index contributed by atoms with van der Waals surface area (Å²) in [5, 5.41) is 10.3. The van der Waals surface area contributed by atoms with Crippen LogP contribution in [-0.4, -0.2) is 21.6 Å². The number of anilines is 2. The molecule has 2 amide bonds. The quantitative estimate of drug-likeness (QED) is 0.748. The van der Waals surface area contributed by atoms with E-state index in [-0.39, 0.29) is 11.8 Å². The van der Waals surface area contributed by atoms with Crippen LogP contribution in [0.15, 0.2) is 54.6 Å². The highest BCUT2D eigenvalue weighted by molar-refractivity contribution is 6.04. The lowest BCUT2D eigenvalue weighted by Gasteiger charge is -2.11. The summed E-state index contributed by atoms with van der Waals surface area (Å²) >= 11 is 0. The lowest BCUT2D eigenvalue weighted by atomic mass is 10.0. The Morgan fingerprint density at radius 2 is 1.93 bits per heavy atom. The molecule has 1 aliphatic heterocycles. The van der Waals surface area contributed by atoms with Gasteiger partial charge in [0.2, 0.25) is 5.91 Å². The Bertz CT molecular complexity index is 1010. The number of hydrogen-bond acceptors (Lipinski definition) is 3. The van der Waals surface area contributed by atoms with Crippen LogP contribution in [0.3, 0.4) is 0 Å². The van der Waals surface area contributed by atoms with Crippen LogP contribution in [-0.2, 0) is 11.2 Å². The molecule has 0 saturated carbocycles. The first-order valence-electron chi connectivity index (χ1n) is 8.96. The van der Waals surface area contributed by atoms with Crippen LogP contribution in [0.4, 0.5) is 11.5 Å². The van der Waals surface area contributed by atoms with Crippen molar-refractivity contribution in [2.24, 2.45) is 0 Å². The maximum absolute atomic E-state index is 12.8. The maximum Gasteiger partial charge on any atom is 0.256 e. The van der Waals surface area contributed by atoms with Crippen molar-refractivity contribution in [3.63, 3.8) is 0 Å². The summed E-state index contributed by atoms with van der Waals surface area (Å²) in [6.07, 6.45) is 2.06. The third-order valence-corrected chi connectivity index (χ3v) is 4.57. The number of aryl methyl sites for hydroxylation is 2. The molecule has 4 rings (SSSR count). The van der Waals surface area contributed by atoms with Gasteiger partial charge in [-0.15, -0.1) is 0 Å². The fraction of sp³-hybridized carbons (Fsp3) is 0.190. The summed E-state index contributed by atoms with van der Waals surface area (Å²) in [6, 6.07) is 16.9. The SMILES string of the molecule is Cc1cc(NC(=O)c2ccc3c(c2)CCCC(=O)N3)n(-c2ccccc2)n1. The second-order valence-electron chi connectivity index (χ2n) is 6.65. The summed E-state index contributed by atoms with van der Waals surface area (Å²) in [6.45, 7) is 1.89. The number of carbonyl (C=O) groups is 2. The zero-order valence-corrected chi connectivity index (χ0v) is 15.0. The number of benzene rings is 2. The topological polar surface area (TPSA) is 76.0 Å². The van der Waals surface area contributed by atoms with Crippen molar-refractivity contribution in [2.75, 3.05) is 10.6 Å². The minimum absolute atomic E-state index is 0.0215. The number of amides is 2. The van der Waals surface area contributed by atoms with Crippen LogP contribution in [0.5, 0.6) is 0 Å². The van der Waals surface area contributed by atoms with E-state index >= 15 is 0 Å². The van der Waals surface area contributed by atoms with Crippen molar-refractivity contribution in [3.05, 3.63) is 71.4 Å². The number of nitrogens with one attached hydrogen (secondary N) is 2. The van der Waals surface area contributed by atoms with E-state index in [0.29, 0.717) is 17.8 Å². The average molecular weight is 360 g/mol. The van der Waals surface area contributed by atoms with E-state index in [2.05, 4.69) is 15.7 Å². The van der Waals surface area contributed by atoms with Crippen molar-refractivity contribution < 1.29 is 9.59 Å². The minimum atomic E-state index is -0.203. The summed E-state index contributed by atoms with van der Waals surface area (Å²) in [5.74, 6) is 0.436. The van der Waals surface area contributed by atoms with E-state index in [4.69, 9.17) is 0 Å². The molecular formula is C21H20N4O2. The number of nitrogens with zero attached hydrogens (tertiary/aromatic N) is 2. The van der Waals surface area contributed by atoms with E-state index in [1.807, 2.05) is 49.4 Å². The normalized spacial score (nSPS) is 13.4. The molecule has 0 atom stereocenters. The highest BCUT2D eigenvalue weighted by Gasteiger charge is 2.17. The molecule has 6 heteroatoms. The van der Waals surface area contributed by atoms with Gasteiger partial charge in [-0.2, -0.15) is 5.10 Å². The molecule has 136 valence electrons. The van der Waals surface area contributed by atoms with Gasteiger partial charge in [-0.1, -0.05) is 18.2 Å². The van der Waals surface area contributed by atoms with E-state index in [1.165, 1.54) is 0 Å². The van der Waals surface area contributed by atoms with Crippen molar-refractivity contribution in [3.8, 4) is 5.69 Å². The standard InChI is InChI=1S/C21H20N4O2/c1-14-12-19(25(24-14)17-7-3-2-4-8-17)23-21(27)16-10-11-18-15(13-16)6-5-9-20(26)22-18/h2-4,7-8,10-13H,5-6,9H2,1H3,(H,22,26)(H,23,27). The van der Waals surface area contributed by atoms with Crippen LogP contribution in [0, 0.1) is 6.92 Å². The molecule has 0 spiro atoms. The summed E-state index contributed by atoms with van der Waals surface area (Å²) in [4.78, 5) is 24.5. The predicted molar refractivity (Wildman–Crippen MR) is 104 cm³/mol. The Morgan fingerprint density at radius 3 is 2.74 bits per heavy atom. The molecule has 1 aliphatic rings. The number of aromatic nitrogens is 2. The molecule has 0 aliphatic carbocycles. The first-order chi connectivity index (χ1) is 13.1. The molecule has 27 heavy (non-hydrogen) atoms. The van der Waals surface area contributed by atoms with Crippen molar-refractivity contribution >= 4 is 23.3 Å². The van der Waals surface area contributed by atoms with Gasteiger partial charge in [-0.25, -0.2) is 4.68 Å². The zero-order chi connectivity index (χ0) is 18.8. The van der Waals surface area contributed by atoms with Gasteiger partial charge in [0.15, 0.2) is 0 Å². The first-order valence-corrected chi connectivity index (χ1v) is 8.96. The van der Waals surface area contributed by atoms with Crippen LogP contribution < -0.4 is 10.6 Å². The average Bonchev–Trinajstić information content (AvgIpc) is 2.92. The Kier molecular flexibility index (Phi) is 4.46. The molecular weight excluding hydrogens is 340 g/mol. The number of carbonyl (C=O) groups excluding carboxylic acids is 2. The Balaban J connectivity index is 1.60. The molecule has 0 radical (unpaired) electrons. The molecule has 1 aromatic heterocycles. The Morgan fingerprint density at radius 1 is 1.11 bits per heavy atom. The number of rotatable bonds is 3. The third kappa shape index (κ3) is 3.60. The molecule has 2 N–H and O–H groups in total. The van der Waals surface area contributed by atoms with E-state index < -0.39 is 0 Å². The van der Waals surface area contributed by atoms with Crippen molar-refractivity contribution in [1.82, 2.24) is 9.78 Å². The van der Waals surface area contributed by atoms with Gasteiger partial charge in [0.25, 0.3) is 5.91 Å². The van der Waals surface area contributed by atoms with E-state index in [9.17, 15) is 9.59 Å². The predicted octanol–water partition coefficient (Wildman–Crippen LogP) is 3.71. The van der Waals surface area contributed by atoms with Crippen LogP contribution in [0.2, 0.25) is 0 Å². The second-order valence-corrected chi connectivity index (χ2v) is 6.65. The van der Waals surface area contributed by atoms with Gasteiger partial charge in [-0.05, 0) is 55.7 Å². The first kappa shape index (κ1) is 17.0. The fourth-order valence-corrected chi connectivity index (χ4v) is 3.26. The largest absolute Gasteiger partial charge is 0.326 e. The maximum atomic E-state index is 12.8. The smallest absolute Gasteiger partial charge is 0.256 e. The Hall–Kier alpha value is -3.41. The number of fused-ring (bicyclic) bond motifs is 1. The van der Waals surface area contributed by atoms with Crippen molar-refractivity contribution in [1.29, 1.82) is 0 Å². The summed E-state index contributed by atoms with van der Waals surface area (Å²) in [5.41, 5.74) is 4.04. The van der Waals surface area contributed by atoms with Crippen LogP contribution in [0.1, 0.15) is 34.5 Å². The molecule has 2 heterocycles. The molecule has 2 aromatic carbocycles. The lowest BCUT2D eigenvalue weighted by Crippen LogP contribution is -2.16. The fourth-order valence-electron chi connectivity index (χ4n) is 3.26. The molecule has 3 aromatic rings. The summed E-state index contributed by atoms with van der Waals surface area (Å²) in [7, 11) is 0. The third-order valence-electron chi connectivity index (χ3n) is 4.57. The number of hydrogen-bond donors (Lipinski definition) is 2. The van der Waals surface area contributed by atoms with Gasteiger partial charge < -0.3 is 10.6 Å². The molecule has 0 saturated heterocycles. The van der Waals surface area contributed by atoms with Crippen LogP contribution in [0.25, 0.3) is 5.69 Å². The van der Waals surface area contributed by atoms with Gasteiger partial charge in [0.05, 0.1) is 11.4 Å². The zero-order valence-electron chi connectivity index (χ0n) is 15.0. The molecule has 0 fully saturated rings. The van der Waals surface area contributed by atoms with E-state index in [0.717, 1.165) is 35.5 Å². The van der Waals surface area contributed by atoms with Crippen LogP contribution >= 0.6 is 0 Å². The van der Waals surface area contributed by atoms with Gasteiger partial charge in [0.1, 0.15) is 5.82 Å².